The average molecular weight is 1380 g/mol. The lowest BCUT2D eigenvalue weighted by atomic mass is 9.99. The number of primary amides is 1. The number of hydrogen-bond donors (Lipinski definition) is 14. The first-order valence-electron chi connectivity index (χ1n) is 33.8. The van der Waals surface area contributed by atoms with Crippen molar-refractivity contribution in [1.82, 2.24) is 78.1 Å². The van der Waals surface area contributed by atoms with Crippen molar-refractivity contribution >= 4 is 71.0 Å². The van der Waals surface area contributed by atoms with Crippen molar-refractivity contribution in [3.05, 3.63) is 95.8 Å². The van der Waals surface area contributed by atoms with Crippen LogP contribution in [-0.2, 0) is 89.6 Å². The molecule has 5 heterocycles. The lowest BCUT2D eigenvalue weighted by Crippen LogP contribution is -2.60. The third-order valence-corrected chi connectivity index (χ3v) is 18.2. The Morgan fingerprint density at radius 2 is 1.27 bits per heavy atom. The van der Waals surface area contributed by atoms with Crippen molar-refractivity contribution in [1.29, 1.82) is 0 Å². The summed E-state index contributed by atoms with van der Waals surface area (Å²) in [5.41, 5.74) is 14.0. The molecule has 0 unspecified atom stereocenters. The Morgan fingerprint density at radius 3 is 1.93 bits per heavy atom. The average Bonchev–Trinajstić information content (AvgIpc) is 1.64. The molecule has 2 bridgehead atoms. The number of nitrogens with one attached hydrogen (secondary N) is 11. The van der Waals surface area contributed by atoms with E-state index in [1.165, 1.54) is 24.7 Å². The van der Waals surface area contributed by atoms with Crippen molar-refractivity contribution in [2.24, 2.45) is 17.4 Å². The van der Waals surface area contributed by atoms with Crippen molar-refractivity contribution < 1.29 is 67.3 Å². The van der Waals surface area contributed by atoms with Crippen molar-refractivity contribution in [2.45, 2.75) is 183 Å². The Kier molecular flexibility index (Phi) is 32.0. The van der Waals surface area contributed by atoms with Gasteiger partial charge in [-0.2, -0.15) is 11.8 Å². The fourth-order valence-corrected chi connectivity index (χ4v) is 13.0. The Labute approximate surface area is 574 Å². The highest BCUT2D eigenvalue weighted by atomic mass is 32.2. The number of unbranched alkanes of at least 4 members (excludes halogenated alkanes) is 1. The maximum absolute atomic E-state index is 14.7. The van der Waals surface area contributed by atoms with Crippen molar-refractivity contribution in [3.63, 3.8) is 0 Å². The molecule has 10 atom stereocenters. The number of carbonyl (C=O) groups is 10. The van der Waals surface area contributed by atoms with Gasteiger partial charge in [-0.1, -0.05) is 67.9 Å². The van der Waals surface area contributed by atoms with E-state index in [1.54, 1.807) is 67.2 Å². The molecule has 4 aromatic rings. The zero-order valence-electron chi connectivity index (χ0n) is 55.8. The predicted molar refractivity (Wildman–Crippen MR) is 361 cm³/mol. The minimum Gasteiger partial charge on any atom is -0.508 e. The van der Waals surface area contributed by atoms with Gasteiger partial charge in [0, 0.05) is 94.8 Å². The maximum atomic E-state index is 14.7. The molecule has 0 radical (unpaired) electrons. The predicted octanol–water partition coefficient (Wildman–Crippen LogP) is -0.503. The second-order valence-electron chi connectivity index (χ2n) is 25.2. The summed E-state index contributed by atoms with van der Waals surface area (Å²) in [6, 6.07) is 5.78. The summed E-state index contributed by atoms with van der Waals surface area (Å²) in [6.45, 7) is 6.63. The molecule has 0 aliphatic carbocycles. The van der Waals surface area contributed by atoms with E-state index in [9.17, 15) is 53.1 Å². The maximum Gasteiger partial charge on any atom is 0.315 e. The molecule has 0 spiro atoms. The number of fused-ring (bicyclic) bond motifs is 3. The number of phenolic OH excluding ortho intramolecular Hbond substituents is 1. The van der Waals surface area contributed by atoms with Crippen LogP contribution < -0.4 is 64.6 Å². The number of aromatic amines is 1. The topological polar surface area (TPSA) is 450 Å². The highest BCUT2D eigenvalue weighted by molar-refractivity contribution is 8.00. The van der Waals surface area contributed by atoms with E-state index in [0.29, 0.717) is 99.4 Å². The monoisotopic (exact) mass is 1380 g/mol. The number of nitrogens with zero attached hydrogens (tertiary/aromatic N) is 4. The van der Waals surface area contributed by atoms with Gasteiger partial charge in [0.25, 0.3) is 0 Å². The molecule has 31 nitrogen and oxygen atoms in total. The molecule has 2 aromatic carbocycles. The molecule has 3 aliphatic rings. The molecule has 2 saturated heterocycles. The molecule has 0 saturated carbocycles. The summed E-state index contributed by atoms with van der Waals surface area (Å²) in [7, 11) is 0. The SMILES string of the molecule is CC(C)C[C@@H]1NC(=O)[C@H](Cc2ccc(O)cc2)NC(=O)[C@H](Cc2ccccc2)NC(=O)[C@@H](N)Cc2cn(nn2)CCCC[C@@H](C(=O)NCCCOCCOCCOCCCNC(=O)CCCC[C@H]2SC[C@H]3NC(=O)N[C@H]32)NC(=O)[C@H](Cc2c[nH]cn2)NC(=O)[C@H](CCC(N)=O)NC1=O. The Balaban J connectivity index is 0.963. The Bertz CT molecular complexity index is 3200. The van der Waals surface area contributed by atoms with Crippen molar-refractivity contribution in [3.8, 4) is 5.75 Å². The van der Waals surface area contributed by atoms with Crippen LogP contribution in [0.5, 0.6) is 5.75 Å². The molecule has 16 N–H and O–H groups in total. The van der Waals surface area contributed by atoms with Crippen LogP contribution in [0.1, 0.15) is 113 Å². The highest BCUT2D eigenvalue weighted by Gasteiger charge is 2.43. The number of aromatic hydroxyl groups is 1. The second-order valence-corrected chi connectivity index (χ2v) is 26.4. The Morgan fingerprint density at radius 1 is 0.663 bits per heavy atom. The number of phenols is 1. The molecule has 98 heavy (non-hydrogen) atoms. The number of rotatable bonds is 31. The minimum atomic E-state index is -1.51. The largest absolute Gasteiger partial charge is 0.508 e. The third kappa shape index (κ3) is 26.9. The number of aryl methyl sites for hydroxylation is 1. The molecule has 536 valence electrons. The lowest BCUT2D eigenvalue weighted by Gasteiger charge is -2.28. The summed E-state index contributed by atoms with van der Waals surface area (Å²) in [6.07, 6.45) is 8.56. The van der Waals surface area contributed by atoms with Crippen LogP contribution in [0, 0.1) is 5.92 Å². The van der Waals surface area contributed by atoms with E-state index in [4.69, 9.17) is 25.7 Å². The number of thioether (sulfide) groups is 1. The lowest BCUT2D eigenvalue weighted by molar-refractivity contribution is -0.136. The van der Waals surface area contributed by atoms with E-state index >= 15 is 0 Å². The van der Waals surface area contributed by atoms with E-state index in [-0.39, 0.29) is 107 Å². The summed E-state index contributed by atoms with van der Waals surface area (Å²) in [4.78, 5) is 144. The number of H-pyrrole nitrogens is 1. The van der Waals surface area contributed by atoms with E-state index in [1.807, 2.05) is 11.8 Å². The summed E-state index contributed by atoms with van der Waals surface area (Å²) < 4.78 is 18.6. The van der Waals surface area contributed by atoms with Crippen LogP contribution in [-0.4, -0.2) is 207 Å². The van der Waals surface area contributed by atoms with E-state index < -0.39 is 89.6 Å². The van der Waals surface area contributed by atoms with Crippen LogP contribution in [0.2, 0.25) is 0 Å². The van der Waals surface area contributed by atoms with Gasteiger partial charge in [0.05, 0.1) is 62.3 Å². The first kappa shape index (κ1) is 76.6. The van der Waals surface area contributed by atoms with Gasteiger partial charge in [-0.25, -0.2) is 9.78 Å². The van der Waals surface area contributed by atoms with Crippen LogP contribution in [0.3, 0.4) is 0 Å². The summed E-state index contributed by atoms with van der Waals surface area (Å²) in [5, 5.41) is 47.2. The molecule has 32 heteroatoms. The van der Waals surface area contributed by atoms with Gasteiger partial charge < -0.3 is 88.9 Å². The third-order valence-electron chi connectivity index (χ3n) is 16.7. The quantitative estimate of drug-likeness (QED) is 0.0223. The Hall–Kier alpha value is -8.72. The summed E-state index contributed by atoms with van der Waals surface area (Å²) >= 11 is 1.87. The first-order chi connectivity index (χ1) is 47.3. The van der Waals surface area contributed by atoms with Gasteiger partial charge in [0.1, 0.15) is 42.0 Å². The number of amides is 11. The van der Waals surface area contributed by atoms with E-state index in [2.05, 4.69) is 73.4 Å². The number of urea groups is 1. The number of imidazole rings is 1. The van der Waals surface area contributed by atoms with Crippen LogP contribution in [0.15, 0.2) is 73.3 Å². The number of benzene rings is 2. The molecular formula is C66H97N17O14S. The van der Waals surface area contributed by atoms with Crippen LogP contribution >= 0.6 is 11.8 Å². The molecule has 11 amide bonds. The van der Waals surface area contributed by atoms with Crippen LogP contribution in [0.4, 0.5) is 4.79 Å². The first-order valence-corrected chi connectivity index (χ1v) is 34.8. The molecule has 7 rings (SSSR count). The molecule has 2 fully saturated rings. The van der Waals surface area contributed by atoms with Crippen LogP contribution in [0.25, 0.3) is 0 Å². The fourth-order valence-electron chi connectivity index (χ4n) is 11.4. The standard InChI is InChI=1S/C66H97N17O14S/c1-41(2)32-50-62(90)74-49(21-22-56(68)85)61(89)78-53(36-44-37-69-40-72-44)65(93)73-48(60(88)71-24-11-27-96-29-31-97-30-28-95-26-10-23-70-57(86)16-7-6-15-55-58-54(39-98-55)79-66(94)80-58)14-8-9-25-83-38-45(81-82-83)35-47(67)59(87)75-51(33-42-12-4-3-5-13-42)63(91)77-52(64(92)76-50)34-43-17-19-46(84)20-18-43/h3-5,12-13,17-20,37-38,40-41,47-55,58,84H,6-11,14-16,21-36,39,67H2,1-2H3,(H2,68,85)(H,69,72)(H,70,86)(H,71,88)(H,73,93)(H,74,90)(H,75,87)(H,76,92)(H,77,91)(H,78,89)(H2,79,80,94)/t47-,48-,49-,50-,51-,52-,53-,54+,55+,58+/m0/s1. The molecule has 2 aromatic heterocycles. The normalized spacial score (nSPS) is 23.2. The van der Waals surface area contributed by atoms with Gasteiger partial charge in [0.15, 0.2) is 0 Å². The number of aromatic nitrogens is 5. The van der Waals surface area contributed by atoms with Crippen molar-refractivity contribution in [2.75, 3.05) is 58.5 Å². The smallest absolute Gasteiger partial charge is 0.315 e. The number of hydrogen-bond acceptors (Lipinski definition) is 19. The molecular weight excluding hydrogens is 1290 g/mol. The zero-order valence-corrected chi connectivity index (χ0v) is 56.6. The summed E-state index contributed by atoms with van der Waals surface area (Å²) in [5.74, 6) is -5.48. The zero-order chi connectivity index (χ0) is 70.2. The van der Waals surface area contributed by atoms with Gasteiger partial charge in [-0.15, -0.1) is 5.10 Å². The number of nitrogens with two attached hydrogens (primary N) is 2. The second kappa shape index (κ2) is 40.9. The minimum absolute atomic E-state index is 0.0107. The number of ether oxygens (including phenoxy) is 3. The van der Waals surface area contributed by atoms with Gasteiger partial charge in [-0.3, -0.25) is 47.8 Å². The molecule has 3 aliphatic heterocycles. The van der Waals surface area contributed by atoms with E-state index in [0.717, 1.165) is 25.0 Å². The van der Waals surface area contributed by atoms with Gasteiger partial charge >= 0.3 is 6.03 Å². The van der Waals surface area contributed by atoms with Gasteiger partial charge in [-0.05, 0) is 87.0 Å². The fraction of sp³-hybridized carbons (Fsp3) is 0.591. The highest BCUT2D eigenvalue weighted by Crippen LogP contribution is 2.33. The number of carbonyl (C=O) groups excluding carboxylic acids is 10. The van der Waals surface area contributed by atoms with Gasteiger partial charge in [0.2, 0.25) is 53.2 Å².